The minimum absolute atomic E-state index is 0.0780. The third-order valence-electron chi connectivity index (χ3n) is 8.02. The standard InChI is InChI=1S/C31H46N4O7/c1-7-32-28(39)33-24-10-9-22(40-18-25(36)41-29(2,3)4)17-23(24)26(37)34-15-11-21(12-16-34)35-14-8-13-31(20-35)19-30(5,6)42-27(31)38/h9-10,17,21H,7-8,11-16,18-20H2,1-6H3,(H2,32,33,39). The van der Waals surface area contributed by atoms with Crippen molar-refractivity contribution in [2.24, 2.45) is 5.41 Å². The molecule has 1 spiro atoms. The summed E-state index contributed by atoms with van der Waals surface area (Å²) in [7, 11) is 0. The van der Waals surface area contributed by atoms with E-state index in [2.05, 4.69) is 15.5 Å². The molecule has 1 unspecified atom stereocenters. The van der Waals surface area contributed by atoms with Crippen LogP contribution in [0.25, 0.3) is 0 Å². The lowest BCUT2D eigenvalue weighted by Gasteiger charge is -2.45. The molecule has 2 N–H and O–H groups in total. The summed E-state index contributed by atoms with van der Waals surface area (Å²) in [5.74, 6) is -0.494. The summed E-state index contributed by atoms with van der Waals surface area (Å²) in [5.41, 5.74) is -0.860. The lowest BCUT2D eigenvalue weighted by atomic mass is 9.74. The van der Waals surface area contributed by atoms with Gasteiger partial charge in [0.1, 0.15) is 17.0 Å². The van der Waals surface area contributed by atoms with Crippen LogP contribution in [0.15, 0.2) is 18.2 Å². The van der Waals surface area contributed by atoms with E-state index in [1.807, 2.05) is 20.8 Å². The van der Waals surface area contributed by atoms with Gasteiger partial charge in [0.15, 0.2) is 6.61 Å². The summed E-state index contributed by atoms with van der Waals surface area (Å²) < 4.78 is 16.7. The number of esters is 2. The summed E-state index contributed by atoms with van der Waals surface area (Å²) in [6.45, 7) is 14.0. The van der Waals surface area contributed by atoms with Crippen molar-refractivity contribution in [1.29, 1.82) is 0 Å². The molecule has 3 heterocycles. The van der Waals surface area contributed by atoms with Gasteiger partial charge in [0.2, 0.25) is 0 Å². The molecule has 232 valence electrons. The number of likely N-dealkylation sites (tertiary alicyclic amines) is 2. The van der Waals surface area contributed by atoms with Crippen LogP contribution in [0.4, 0.5) is 10.5 Å². The van der Waals surface area contributed by atoms with Gasteiger partial charge in [0.25, 0.3) is 5.91 Å². The predicted octanol–water partition coefficient (Wildman–Crippen LogP) is 3.96. The van der Waals surface area contributed by atoms with Crippen LogP contribution in [0.3, 0.4) is 0 Å². The van der Waals surface area contributed by atoms with Gasteiger partial charge in [-0.2, -0.15) is 0 Å². The van der Waals surface area contributed by atoms with Crippen molar-refractivity contribution >= 4 is 29.6 Å². The monoisotopic (exact) mass is 586 g/mol. The molecule has 1 atom stereocenters. The smallest absolute Gasteiger partial charge is 0.344 e. The third-order valence-corrected chi connectivity index (χ3v) is 8.02. The fourth-order valence-electron chi connectivity index (χ4n) is 6.42. The van der Waals surface area contributed by atoms with Crippen molar-refractivity contribution in [3.63, 3.8) is 0 Å². The second-order valence-corrected chi connectivity index (χ2v) is 13.3. The number of hydrogen-bond donors (Lipinski definition) is 2. The van der Waals surface area contributed by atoms with Crippen molar-refractivity contribution in [3.8, 4) is 5.75 Å². The topological polar surface area (TPSA) is 127 Å². The number of benzene rings is 1. The van der Waals surface area contributed by atoms with E-state index in [-0.39, 0.29) is 30.1 Å². The maximum absolute atomic E-state index is 13.8. The maximum atomic E-state index is 13.8. The summed E-state index contributed by atoms with van der Waals surface area (Å²) in [6, 6.07) is 4.63. The zero-order valence-electron chi connectivity index (χ0n) is 25.8. The Bertz CT molecular complexity index is 1190. The number of piperidine rings is 2. The Morgan fingerprint density at radius 3 is 2.45 bits per heavy atom. The fraction of sp³-hybridized carbons (Fsp3) is 0.677. The molecule has 0 aromatic heterocycles. The largest absolute Gasteiger partial charge is 0.482 e. The molecule has 3 aliphatic rings. The van der Waals surface area contributed by atoms with Gasteiger partial charge in [0.05, 0.1) is 16.7 Å². The first-order valence-electron chi connectivity index (χ1n) is 15.0. The van der Waals surface area contributed by atoms with Gasteiger partial charge in [-0.25, -0.2) is 9.59 Å². The Kier molecular flexibility index (Phi) is 9.39. The van der Waals surface area contributed by atoms with E-state index in [0.717, 1.165) is 38.6 Å². The molecular weight excluding hydrogens is 540 g/mol. The van der Waals surface area contributed by atoms with Crippen LogP contribution in [0.2, 0.25) is 0 Å². The molecule has 1 aromatic carbocycles. The van der Waals surface area contributed by atoms with Gasteiger partial charge in [-0.05, 0) is 92.0 Å². The molecule has 1 aromatic rings. The number of carbonyl (C=O) groups is 4. The highest BCUT2D eigenvalue weighted by Gasteiger charge is 2.54. The molecule has 42 heavy (non-hydrogen) atoms. The van der Waals surface area contributed by atoms with Gasteiger partial charge in [-0.15, -0.1) is 0 Å². The lowest BCUT2D eigenvalue weighted by Crippen LogP contribution is -2.53. The number of ether oxygens (including phenoxy) is 3. The molecule has 0 radical (unpaired) electrons. The Morgan fingerprint density at radius 2 is 1.83 bits per heavy atom. The van der Waals surface area contributed by atoms with Crippen molar-refractivity contribution in [3.05, 3.63) is 23.8 Å². The molecular formula is C31H46N4O7. The number of carbonyl (C=O) groups excluding carboxylic acids is 4. The molecule has 0 aliphatic carbocycles. The first-order valence-corrected chi connectivity index (χ1v) is 15.0. The fourth-order valence-corrected chi connectivity index (χ4v) is 6.42. The number of anilines is 1. The molecule has 3 fully saturated rings. The molecule has 3 aliphatic heterocycles. The first-order chi connectivity index (χ1) is 19.7. The van der Waals surface area contributed by atoms with Crippen LogP contribution < -0.4 is 15.4 Å². The number of amides is 3. The highest BCUT2D eigenvalue weighted by atomic mass is 16.6. The number of cyclic esters (lactones) is 1. The normalized spacial score (nSPS) is 22.9. The van der Waals surface area contributed by atoms with E-state index < -0.39 is 28.6 Å². The Labute approximate surface area is 248 Å². The average molecular weight is 587 g/mol. The number of urea groups is 1. The summed E-state index contributed by atoms with van der Waals surface area (Å²) >= 11 is 0. The van der Waals surface area contributed by atoms with Crippen molar-refractivity contribution in [2.75, 3.05) is 44.6 Å². The number of nitrogens with zero attached hydrogens (tertiary/aromatic N) is 2. The van der Waals surface area contributed by atoms with Gasteiger partial charge in [-0.3, -0.25) is 14.5 Å². The number of nitrogens with one attached hydrogen (secondary N) is 2. The minimum Gasteiger partial charge on any atom is -0.482 e. The van der Waals surface area contributed by atoms with E-state index >= 15 is 0 Å². The second kappa shape index (κ2) is 12.5. The molecule has 11 nitrogen and oxygen atoms in total. The highest BCUT2D eigenvalue weighted by molar-refractivity contribution is 6.04. The maximum Gasteiger partial charge on any atom is 0.344 e. The highest BCUT2D eigenvalue weighted by Crippen LogP contribution is 2.46. The molecule has 11 heteroatoms. The Morgan fingerprint density at radius 1 is 1.12 bits per heavy atom. The number of rotatable bonds is 7. The van der Waals surface area contributed by atoms with E-state index in [0.29, 0.717) is 37.6 Å². The van der Waals surface area contributed by atoms with Crippen LogP contribution >= 0.6 is 0 Å². The zero-order valence-corrected chi connectivity index (χ0v) is 25.8. The first kappa shape index (κ1) is 31.6. The van der Waals surface area contributed by atoms with E-state index in [1.165, 1.54) is 0 Å². The van der Waals surface area contributed by atoms with E-state index in [1.54, 1.807) is 43.9 Å². The van der Waals surface area contributed by atoms with Crippen LogP contribution in [-0.2, 0) is 19.1 Å². The summed E-state index contributed by atoms with van der Waals surface area (Å²) in [5, 5.41) is 5.44. The summed E-state index contributed by atoms with van der Waals surface area (Å²) in [4.78, 5) is 55.3. The van der Waals surface area contributed by atoms with E-state index in [9.17, 15) is 19.2 Å². The van der Waals surface area contributed by atoms with Crippen molar-refractivity contribution < 1.29 is 33.4 Å². The zero-order chi connectivity index (χ0) is 30.7. The van der Waals surface area contributed by atoms with Crippen molar-refractivity contribution in [2.45, 2.75) is 90.9 Å². The molecule has 0 bridgehead atoms. The van der Waals surface area contributed by atoms with Gasteiger partial charge >= 0.3 is 18.0 Å². The van der Waals surface area contributed by atoms with Crippen molar-refractivity contribution in [1.82, 2.24) is 15.1 Å². The quantitative estimate of drug-likeness (QED) is 0.460. The summed E-state index contributed by atoms with van der Waals surface area (Å²) in [6.07, 6.45) is 4.12. The second-order valence-electron chi connectivity index (χ2n) is 13.3. The van der Waals surface area contributed by atoms with Crippen LogP contribution in [0.1, 0.15) is 84.0 Å². The van der Waals surface area contributed by atoms with Crippen LogP contribution in [0, 0.1) is 5.41 Å². The molecule has 4 rings (SSSR count). The molecule has 0 saturated carbocycles. The Hall–Kier alpha value is -3.34. The predicted molar refractivity (Wildman–Crippen MR) is 157 cm³/mol. The Balaban J connectivity index is 1.43. The molecule has 3 amide bonds. The van der Waals surface area contributed by atoms with Crippen LogP contribution in [0.5, 0.6) is 5.75 Å². The lowest BCUT2D eigenvalue weighted by molar-refractivity contribution is -0.157. The van der Waals surface area contributed by atoms with Gasteiger partial charge in [0, 0.05) is 38.6 Å². The third kappa shape index (κ3) is 7.73. The minimum atomic E-state index is -0.639. The van der Waals surface area contributed by atoms with E-state index in [4.69, 9.17) is 14.2 Å². The SMILES string of the molecule is CCNC(=O)Nc1ccc(OCC(=O)OC(C)(C)C)cc1C(=O)N1CCC(N2CCCC3(C2)CC(C)(C)OC3=O)CC1. The average Bonchev–Trinajstić information content (AvgIpc) is 3.13. The van der Waals surface area contributed by atoms with Gasteiger partial charge < -0.3 is 29.7 Å². The van der Waals surface area contributed by atoms with Crippen LogP contribution in [-0.4, -0.2) is 90.3 Å². The van der Waals surface area contributed by atoms with Gasteiger partial charge in [-0.1, -0.05) is 0 Å². The molecule has 3 saturated heterocycles. The number of hydrogen-bond acceptors (Lipinski definition) is 8.